The Morgan fingerprint density at radius 2 is 1.80 bits per heavy atom. The van der Waals surface area contributed by atoms with E-state index in [9.17, 15) is 0 Å². The molecule has 0 amide bonds. The summed E-state index contributed by atoms with van der Waals surface area (Å²) >= 11 is 9.89. The van der Waals surface area contributed by atoms with Gasteiger partial charge in [0.05, 0.1) is 5.52 Å². The highest BCUT2D eigenvalue weighted by molar-refractivity contribution is 9.10. The van der Waals surface area contributed by atoms with E-state index in [1.54, 1.807) is 0 Å². The molecular formula is C16H12BrClN2. The smallest absolute Gasteiger partial charge is 0.161 e. The number of aromatic nitrogens is 2. The van der Waals surface area contributed by atoms with Crippen molar-refractivity contribution in [3.05, 3.63) is 57.2 Å². The first-order valence-electron chi connectivity index (χ1n) is 6.25. The Labute approximate surface area is 131 Å². The highest BCUT2D eigenvalue weighted by atomic mass is 79.9. The van der Waals surface area contributed by atoms with Gasteiger partial charge in [-0.3, -0.25) is 0 Å². The van der Waals surface area contributed by atoms with Crippen LogP contribution in [0.15, 0.2) is 40.9 Å². The first-order chi connectivity index (χ1) is 9.56. The molecule has 1 aromatic heterocycles. The summed E-state index contributed by atoms with van der Waals surface area (Å²) < 4.78 is 0.937. The molecule has 0 fully saturated rings. The van der Waals surface area contributed by atoms with Crippen LogP contribution in [0.4, 0.5) is 0 Å². The SMILES string of the molecule is Cc1cc(Br)c2nc(-c3ccccc3C)nc(Cl)c2c1. The molecule has 0 aliphatic rings. The second-order valence-corrected chi connectivity index (χ2v) is 6.01. The summed E-state index contributed by atoms with van der Waals surface area (Å²) in [6, 6.07) is 12.1. The minimum absolute atomic E-state index is 0.484. The largest absolute Gasteiger partial charge is 0.227 e. The number of hydrogen-bond donors (Lipinski definition) is 0. The molecule has 0 spiro atoms. The molecule has 0 unspecified atom stereocenters. The van der Waals surface area contributed by atoms with E-state index in [0.717, 1.165) is 32.1 Å². The Morgan fingerprint density at radius 1 is 1.05 bits per heavy atom. The molecule has 0 atom stereocenters. The van der Waals surface area contributed by atoms with Gasteiger partial charge in [-0.25, -0.2) is 9.97 Å². The van der Waals surface area contributed by atoms with Crippen molar-refractivity contribution < 1.29 is 0 Å². The third-order valence-corrected chi connectivity index (χ3v) is 4.13. The summed E-state index contributed by atoms with van der Waals surface area (Å²) in [7, 11) is 0. The summed E-state index contributed by atoms with van der Waals surface area (Å²) in [6.45, 7) is 4.07. The minimum Gasteiger partial charge on any atom is -0.227 e. The molecule has 0 radical (unpaired) electrons. The Bertz CT molecular complexity index is 815. The van der Waals surface area contributed by atoms with Crippen molar-refractivity contribution in [2.75, 3.05) is 0 Å². The maximum absolute atomic E-state index is 6.34. The first-order valence-corrected chi connectivity index (χ1v) is 7.43. The first kappa shape index (κ1) is 13.5. The summed E-state index contributed by atoms with van der Waals surface area (Å²) in [5.41, 5.74) is 4.10. The summed E-state index contributed by atoms with van der Waals surface area (Å²) in [5.74, 6) is 0.658. The summed E-state index contributed by atoms with van der Waals surface area (Å²) in [4.78, 5) is 9.11. The standard InChI is InChI=1S/C16H12BrClN2/c1-9-7-12-14(13(17)8-9)19-16(20-15(12)18)11-6-4-3-5-10(11)2/h3-8H,1-2H3. The van der Waals surface area contributed by atoms with Crippen LogP contribution >= 0.6 is 27.5 Å². The molecule has 0 N–H and O–H groups in total. The van der Waals surface area contributed by atoms with Crippen LogP contribution in [0.3, 0.4) is 0 Å². The van der Waals surface area contributed by atoms with E-state index in [1.165, 1.54) is 0 Å². The highest BCUT2D eigenvalue weighted by Gasteiger charge is 2.12. The molecule has 2 aromatic carbocycles. The summed E-state index contributed by atoms with van der Waals surface area (Å²) in [5, 5.41) is 1.36. The van der Waals surface area contributed by atoms with Gasteiger partial charge >= 0.3 is 0 Å². The van der Waals surface area contributed by atoms with Crippen LogP contribution in [-0.2, 0) is 0 Å². The lowest BCUT2D eigenvalue weighted by atomic mass is 10.1. The van der Waals surface area contributed by atoms with E-state index in [0.29, 0.717) is 11.0 Å². The predicted molar refractivity (Wildman–Crippen MR) is 87.2 cm³/mol. The molecule has 0 bridgehead atoms. The molecule has 0 aliphatic carbocycles. The zero-order valence-electron chi connectivity index (χ0n) is 11.1. The van der Waals surface area contributed by atoms with Crippen LogP contribution in [0.2, 0.25) is 5.15 Å². The topological polar surface area (TPSA) is 25.8 Å². The molecule has 20 heavy (non-hydrogen) atoms. The molecular weight excluding hydrogens is 336 g/mol. The molecule has 4 heteroatoms. The van der Waals surface area contributed by atoms with Crippen LogP contribution in [-0.4, -0.2) is 9.97 Å². The van der Waals surface area contributed by atoms with Crippen molar-refractivity contribution in [2.45, 2.75) is 13.8 Å². The number of halogens is 2. The Hall–Kier alpha value is -1.45. The third kappa shape index (κ3) is 2.32. The highest BCUT2D eigenvalue weighted by Crippen LogP contribution is 2.31. The van der Waals surface area contributed by atoms with Gasteiger partial charge < -0.3 is 0 Å². The van der Waals surface area contributed by atoms with Gasteiger partial charge in [0.2, 0.25) is 0 Å². The molecule has 100 valence electrons. The molecule has 2 nitrogen and oxygen atoms in total. The van der Waals surface area contributed by atoms with Gasteiger partial charge in [0.1, 0.15) is 5.15 Å². The molecule has 1 heterocycles. The van der Waals surface area contributed by atoms with Crippen LogP contribution in [0.1, 0.15) is 11.1 Å². The van der Waals surface area contributed by atoms with E-state index in [1.807, 2.05) is 50.2 Å². The van der Waals surface area contributed by atoms with E-state index in [-0.39, 0.29) is 0 Å². The maximum Gasteiger partial charge on any atom is 0.161 e. The minimum atomic E-state index is 0.484. The maximum atomic E-state index is 6.34. The van der Waals surface area contributed by atoms with Crippen LogP contribution < -0.4 is 0 Å². The number of rotatable bonds is 1. The molecule has 0 saturated heterocycles. The van der Waals surface area contributed by atoms with Gasteiger partial charge in [-0.05, 0) is 53.0 Å². The van der Waals surface area contributed by atoms with Crippen molar-refractivity contribution in [1.29, 1.82) is 0 Å². The molecule has 0 saturated carbocycles. The van der Waals surface area contributed by atoms with Crippen LogP contribution in [0.25, 0.3) is 22.3 Å². The van der Waals surface area contributed by atoms with Crippen molar-refractivity contribution in [3.8, 4) is 11.4 Å². The van der Waals surface area contributed by atoms with Gasteiger partial charge in [-0.2, -0.15) is 0 Å². The van der Waals surface area contributed by atoms with E-state index < -0.39 is 0 Å². The fourth-order valence-corrected chi connectivity index (χ4v) is 3.12. The molecule has 3 rings (SSSR count). The van der Waals surface area contributed by atoms with E-state index in [2.05, 4.69) is 25.9 Å². The van der Waals surface area contributed by atoms with Gasteiger partial charge in [0.15, 0.2) is 5.82 Å². The average Bonchev–Trinajstić information content (AvgIpc) is 2.40. The normalized spacial score (nSPS) is 11.0. The molecule has 3 aromatic rings. The number of fused-ring (bicyclic) bond motifs is 1. The average molecular weight is 348 g/mol. The van der Waals surface area contributed by atoms with Crippen LogP contribution in [0.5, 0.6) is 0 Å². The lowest BCUT2D eigenvalue weighted by molar-refractivity contribution is 1.21. The Morgan fingerprint density at radius 3 is 2.55 bits per heavy atom. The van der Waals surface area contributed by atoms with Crippen molar-refractivity contribution in [1.82, 2.24) is 9.97 Å². The zero-order chi connectivity index (χ0) is 14.3. The van der Waals surface area contributed by atoms with Crippen molar-refractivity contribution in [3.63, 3.8) is 0 Å². The zero-order valence-corrected chi connectivity index (χ0v) is 13.5. The second kappa shape index (κ2) is 5.15. The van der Waals surface area contributed by atoms with Gasteiger partial charge in [-0.1, -0.05) is 35.9 Å². The van der Waals surface area contributed by atoms with Crippen molar-refractivity contribution >= 4 is 38.4 Å². The quantitative estimate of drug-likeness (QED) is 0.556. The Balaban J connectivity index is 2.33. The van der Waals surface area contributed by atoms with Crippen molar-refractivity contribution in [2.24, 2.45) is 0 Å². The fourth-order valence-electron chi connectivity index (χ4n) is 2.23. The van der Waals surface area contributed by atoms with Crippen LogP contribution in [0, 0.1) is 13.8 Å². The summed E-state index contributed by atoms with van der Waals surface area (Å²) in [6.07, 6.45) is 0. The third-order valence-electron chi connectivity index (χ3n) is 3.24. The number of nitrogens with zero attached hydrogens (tertiary/aromatic N) is 2. The second-order valence-electron chi connectivity index (χ2n) is 4.80. The van der Waals surface area contributed by atoms with E-state index in [4.69, 9.17) is 11.6 Å². The number of hydrogen-bond acceptors (Lipinski definition) is 2. The lowest BCUT2D eigenvalue weighted by Crippen LogP contribution is -1.95. The number of benzene rings is 2. The molecule has 0 aliphatic heterocycles. The predicted octanol–water partition coefficient (Wildman–Crippen LogP) is 5.33. The van der Waals surface area contributed by atoms with E-state index >= 15 is 0 Å². The Kier molecular flexibility index (Phi) is 3.48. The fraction of sp³-hybridized carbons (Fsp3) is 0.125. The van der Waals surface area contributed by atoms with Gasteiger partial charge in [0.25, 0.3) is 0 Å². The lowest BCUT2D eigenvalue weighted by Gasteiger charge is -2.09. The number of aryl methyl sites for hydroxylation is 2. The van der Waals surface area contributed by atoms with Gasteiger partial charge in [-0.15, -0.1) is 0 Å². The monoisotopic (exact) mass is 346 g/mol. The van der Waals surface area contributed by atoms with Gasteiger partial charge in [0, 0.05) is 15.4 Å².